The fraction of sp³-hybridized carbons (Fsp3) is 0.421. The second-order valence-electron chi connectivity index (χ2n) is 6.39. The van der Waals surface area contributed by atoms with Crippen molar-refractivity contribution in [2.24, 2.45) is 0 Å². The van der Waals surface area contributed by atoms with Crippen LogP contribution in [0.3, 0.4) is 0 Å². The van der Waals surface area contributed by atoms with Crippen molar-refractivity contribution in [1.82, 2.24) is 10.2 Å². The Bertz CT molecular complexity index is 676. The van der Waals surface area contributed by atoms with Crippen molar-refractivity contribution in [1.29, 1.82) is 0 Å². The standard InChI is InChI=1S/C19H25N3OS2/c1-14-10-15(2)12-16(11-14)21-19(24)20-13-17(18-4-3-9-25-18)22-5-7-23-8-6-22/h3-4,9-12,17H,5-8,13H2,1-2H3,(H2,20,21,24)/t17-/m1/s1. The molecule has 1 fully saturated rings. The summed E-state index contributed by atoms with van der Waals surface area (Å²) in [4.78, 5) is 3.84. The lowest BCUT2D eigenvalue weighted by atomic mass is 10.1. The van der Waals surface area contributed by atoms with Gasteiger partial charge in [-0.3, -0.25) is 4.90 Å². The zero-order chi connectivity index (χ0) is 17.6. The van der Waals surface area contributed by atoms with Crippen LogP contribution in [0.2, 0.25) is 0 Å². The molecule has 0 spiro atoms. The Labute approximate surface area is 159 Å². The van der Waals surface area contributed by atoms with Crippen LogP contribution in [0.15, 0.2) is 35.7 Å². The molecule has 4 nitrogen and oxygen atoms in total. The number of thiocarbonyl (C=S) groups is 1. The second-order valence-corrected chi connectivity index (χ2v) is 7.78. The van der Waals surface area contributed by atoms with Gasteiger partial charge in [-0.2, -0.15) is 0 Å². The van der Waals surface area contributed by atoms with Crippen LogP contribution in [-0.2, 0) is 4.74 Å². The minimum Gasteiger partial charge on any atom is -0.379 e. The summed E-state index contributed by atoms with van der Waals surface area (Å²) in [6.45, 7) is 8.50. The van der Waals surface area contributed by atoms with Crippen molar-refractivity contribution < 1.29 is 4.74 Å². The maximum absolute atomic E-state index is 5.51. The monoisotopic (exact) mass is 375 g/mol. The first-order chi connectivity index (χ1) is 12.1. The molecule has 1 aromatic carbocycles. The average molecular weight is 376 g/mol. The van der Waals surface area contributed by atoms with Crippen molar-refractivity contribution in [2.75, 3.05) is 38.2 Å². The average Bonchev–Trinajstić information content (AvgIpc) is 3.09. The van der Waals surface area contributed by atoms with E-state index in [1.807, 2.05) is 0 Å². The molecule has 0 amide bonds. The number of aryl methyl sites for hydroxylation is 2. The molecule has 134 valence electrons. The van der Waals surface area contributed by atoms with E-state index < -0.39 is 0 Å². The van der Waals surface area contributed by atoms with Crippen LogP contribution in [0.1, 0.15) is 22.0 Å². The number of benzene rings is 1. The van der Waals surface area contributed by atoms with Gasteiger partial charge in [0.05, 0.1) is 19.3 Å². The molecule has 1 aliphatic rings. The van der Waals surface area contributed by atoms with Crippen LogP contribution < -0.4 is 10.6 Å². The fourth-order valence-electron chi connectivity index (χ4n) is 3.19. The lowest BCUT2D eigenvalue weighted by Crippen LogP contribution is -2.44. The molecular weight excluding hydrogens is 350 g/mol. The van der Waals surface area contributed by atoms with Gasteiger partial charge in [0.1, 0.15) is 0 Å². The molecule has 2 heterocycles. The number of hydrogen-bond acceptors (Lipinski definition) is 4. The van der Waals surface area contributed by atoms with E-state index in [2.05, 4.69) is 65.1 Å². The van der Waals surface area contributed by atoms with Crippen molar-refractivity contribution in [3.8, 4) is 0 Å². The molecule has 0 saturated carbocycles. The number of morpholine rings is 1. The van der Waals surface area contributed by atoms with Gasteiger partial charge in [-0.1, -0.05) is 12.1 Å². The van der Waals surface area contributed by atoms with Gasteiger partial charge in [0.15, 0.2) is 5.11 Å². The molecule has 25 heavy (non-hydrogen) atoms. The van der Waals surface area contributed by atoms with Gasteiger partial charge in [-0.25, -0.2) is 0 Å². The molecular formula is C19H25N3OS2. The van der Waals surface area contributed by atoms with Crippen molar-refractivity contribution in [3.63, 3.8) is 0 Å². The summed E-state index contributed by atoms with van der Waals surface area (Å²) in [7, 11) is 0. The van der Waals surface area contributed by atoms with Gasteiger partial charge in [0.2, 0.25) is 0 Å². The minimum atomic E-state index is 0.322. The highest BCUT2D eigenvalue weighted by atomic mass is 32.1. The van der Waals surface area contributed by atoms with Crippen LogP contribution in [0.4, 0.5) is 5.69 Å². The van der Waals surface area contributed by atoms with Crippen LogP contribution in [0.25, 0.3) is 0 Å². The fourth-order valence-corrected chi connectivity index (χ4v) is 4.25. The Kier molecular flexibility index (Phi) is 6.42. The zero-order valence-electron chi connectivity index (χ0n) is 14.7. The highest BCUT2D eigenvalue weighted by Gasteiger charge is 2.23. The summed E-state index contributed by atoms with van der Waals surface area (Å²) in [5.74, 6) is 0. The Morgan fingerprint density at radius 1 is 1.24 bits per heavy atom. The number of nitrogens with one attached hydrogen (secondary N) is 2. The summed E-state index contributed by atoms with van der Waals surface area (Å²) in [6, 6.07) is 11.0. The maximum atomic E-state index is 5.51. The van der Waals surface area contributed by atoms with E-state index in [9.17, 15) is 0 Å². The lowest BCUT2D eigenvalue weighted by Gasteiger charge is -2.34. The number of nitrogens with zero attached hydrogens (tertiary/aromatic N) is 1. The summed E-state index contributed by atoms with van der Waals surface area (Å²) in [6.07, 6.45) is 0. The van der Waals surface area contributed by atoms with Gasteiger partial charge < -0.3 is 15.4 Å². The first-order valence-corrected chi connectivity index (χ1v) is 9.89. The number of rotatable bonds is 5. The summed E-state index contributed by atoms with van der Waals surface area (Å²) in [5.41, 5.74) is 3.50. The third-order valence-electron chi connectivity index (χ3n) is 4.29. The molecule has 1 aliphatic heterocycles. The summed E-state index contributed by atoms with van der Waals surface area (Å²) >= 11 is 7.31. The molecule has 0 radical (unpaired) electrons. The van der Waals surface area contributed by atoms with Crippen molar-refractivity contribution >= 4 is 34.4 Å². The molecule has 1 saturated heterocycles. The minimum absolute atomic E-state index is 0.322. The van der Waals surface area contributed by atoms with Gasteiger partial charge in [-0.05, 0) is 60.8 Å². The predicted molar refractivity (Wildman–Crippen MR) is 110 cm³/mol. The number of ether oxygens (including phenoxy) is 1. The van der Waals surface area contributed by atoms with Crippen LogP contribution in [-0.4, -0.2) is 42.9 Å². The normalized spacial score (nSPS) is 16.4. The number of thiophene rings is 1. The van der Waals surface area contributed by atoms with Gasteiger partial charge >= 0.3 is 0 Å². The molecule has 3 rings (SSSR count). The third-order valence-corrected chi connectivity index (χ3v) is 5.51. The molecule has 1 atom stereocenters. The number of anilines is 1. The molecule has 6 heteroatoms. The Balaban J connectivity index is 1.61. The quantitative estimate of drug-likeness (QED) is 0.779. The Hall–Kier alpha value is -1.47. The van der Waals surface area contributed by atoms with E-state index in [4.69, 9.17) is 17.0 Å². The topological polar surface area (TPSA) is 36.5 Å². The molecule has 2 aromatic rings. The molecule has 0 aliphatic carbocycles. The molecule has 0 bridgehead atoms. The van der Waals surface area contributed by atoms with Gasteiger partial charge in [0.25, 0.3) is 0 Å². The van der Waals surface area contributed by atoms with Crippen molar-refractivity contribution in [2.45, 2.75) is 19.9 Å². The van der Waals surface area contributed by atoms with E-state index >= 15 is 0 Å². The van der Waals surface area contributed by atoms with Crippen molar-refractivity contribution in [3.05, 3.63) is 51.7 Å². The van der Waals surface area contributed by atoms with Crippen LogP contribution in [0, 0.1) is 13.8 Å². The molecule has 1 aromatic heterocycles. The number of hydrogen-bond donors (Lipinski definition) is 2. The lowest BCUT2D eigenvalue weighted by molar-refractivity contribution is 0.0177. The smallest absolute Gasteiger partial charge is 0.170 e. The van der Waals surface area contributed by atoms with Gasteiger partial charge in [-0.15, -0.1) is 11.3 Å². The first-order valence-electron chi connectivity index (χ1n) is 8.60. The van der Waals surface area contributed by atoms with E-state index in [1.54, 1.807) is 11.3 Å². The molecule has 2 N–H and O–H groups in total. The maximum Gasteiger partial charge on any atom is 0.170 e. The van der Waals surface area contributed by atoms with Gasteiger partial charge in [0, 0.05) is 30.2 Å². The molecule has 0 unspecified atom stereocenters. The second kappa shape index (κ2) is 8.76. The summed E-state index contributed by atoms with van der Waals surface area (Å²) in [5, 5.41) is 9.51. The predicted octanol–water partition coefficient (Wildman–Crippen LogP) is 3.72. The SMILES string of the molecule is Cc1cc(C)cc(NC(=S)NC[C@H](c2cccs2)N2CCOCC2)c1. The highest BCUT2D eigenvalue weighted by Crippen LogP contribution is 2.25. The highest BCUT2D eigenvalue weighted by molar-refractivity contribution is 7.80. The largest absolute Gasteiger partial charge is 0.379 e. The van der Waals surface area contributed by atoms with E-state index in [0.717, 1.165) is 38.5 Å². The Morgan fingerprint density at radius 3 is 2.60 bits per heavy atom. The summed E-state index contributed by atoms with van der Waals surface area (Å²) < 4.78 is 5.50. The third kappa shape index (κ3) is 5.25. The van der Waals surface area contributed by atoms with E-state index in [1.165, 1.54) is 16.0 Å². The Morgan fingerprint density at radius 2 is 1.96 bits per heavy atom. The van der Waals surface area contributed by atoms with Crippen LogP contribution >= 0.6 is 23.6 Å². The zero-order valence-corrected chi connectivity index (χ0v) is 16.4. The van der Waals surface area contributed by atoms with Crippen LogP contribution in [0.5, 0.6) is 0 Å². The first kappa shape index (κ1) is 18.3. The van der Waals surface area contributed by atoms with E-state index in [-0.39, 0.29) is 0 Å². The van der Waals surface area contributed by atoms with E-state index in [0.29, 0.717) is 11.2 Å².